The second-order valence-electron chi connectivity index (χ2n) is 8.28. The maximum Gasteiger partial charge on any atom is 0.223 e. The second-order valence-corrected chi connectivity index (χ2v) is 8.28. The Morgan fingerprint density at radius 2 is 1.94 bits per heavy atom. The SMILES string of the molecule is C=C(C)CNc1nccc(-c2c(-c3ccc(F)cc3)nc3cc(CN4CCC4)ccn23)n1. The molecule has 0 saturated carbocycles. The molecule has 1 N–H and O–H groups in total. The van der Waals surface area contributed by atoms with E-state index in [-0.39, 0.29) is 5.82 Å². The van der Waals surface area contributed by atoms with E-state index in [2.05, 4.69) is 33.9 Å². The normalized spacial score (nSPS) is 13.8. The number of rotatable bonds is 7. The third-order valence-corrected chi connectivity index (χ3v) is 5.61. The Hall–Kier alpha value is -3.58. The highest BCUT2D eigenvalue weighted by atomic mass is 19.1. The van der Waals surface area contributed by atoms with Gasteiger partial charge in [-0.1, -0.05) is 12.2 Å². The lowest BCUT2D eigenvalue weighted by Crippen LogP contribution is -2.36. The number of aromatic nitrogens is 4. The Bertz CT molecular complexity index is 1270. The van der Waals surface area contributed by atoms with Gasteiger partial charge in [-0.2, -0.15) is 0 Å². The highest BCUT2D eigenvalue weighted by Crippen LogP contribution is 2.32. The summed E-state index contributed by atoms with van der Waals surface area (Å²) in [5.74, 6) is 0.254. The van der Waals surface area contributed by atoms with E-state index in [1.54, 1.807) is 18.3 Å². The fraction of sp³-hybridized carbons (Fsp3) is 0.240. The van der Waals surface area contributed by atoms with Crippen LogP contribution in [0.3, 0.4) is 0 Å². The van der Waals surface area contributed by atoms with Crippen molar-refractivity contribution in [3.8, 4) is 22.6 Å². The molecule has 1 aromatic carbocycles. The molecular formula is C25H25FN6. The molecule has 1 fully saturated rings. The maximum absolute atomic E-state index is 13.6. The molecule has 1 saturated heterocycles. The largest absolute Gasteiger partial charge is 0.350 e. The number of fused-ring (bicyclic) bond motifs is 1. The van der Waals surface area contributed by atoms with E-state index in [1.807, 2.05) is 23.6 Å². The molecule has 3 aromatic heterocycles. The number of likely N-dealkylation sites (tertiary alicyclic amines) is 1. The fourth-order valence-electron chi connectivity index (χ4n) is 3.84. The lowest BCUT2D eigenvalue weighted by Gasteiger charge is -2.30. The van der Waals surface area contributed by atoms with Crippen molar-refractivity contribution in [2.75, 3.05) is 25.0 Å². The van der Waals surface area contributed by atoms with E-state index in [9.17, 15) is 4.39 Å². The molecule has 4 aromatic rings. The van der Waals surface area contributed by atoms with Crippen molar-refractivity contribution < 1.29 is 4.39 Å². The number of hydrogen-bond acceptors (Lipinski definition) is 5. The van der Waals surface area contributed by atoms with Gasteiger partial charge in [-0.3, -0.25) is 9.30 Å². The Labute approximate surface area is 186 Å². The van der Waals surface area contributed by atoms with Gasteiger partial charge in [-0.05, 0) is 74.5 Å². The summed E-state index contributed by atoms with van der Waals surface area (Å²) in [6.07, 6.45) is 5.04. The number of anilines is 1. The Kier molecular flexibility index (Phi) is 5.41. The van der Waals surface area contributed by atoms with E-state index < -0.39 is 0 Å². The minimum atomic E-state index is -0.274. The summed E-state index contributed by atoms with van der Waals surface area (Å²) < 4.78 is 15.6. The molecule has 0 unspecified atom stereocenters. The number of benzene rings is 1. The molecular weight excluding hydrogens is 403 g/mol. The van der Waals surface area contributed by atoms with Crippen LogP contribution in [0.5, 0.6) is 0 Å². The molecule has 32 heavy (non-hydrogen) atoms. The summed E-state index contributed by atoms with van der Waals surface area (Å²) >= 11 is 0. The van der Waals surface area contributed by atoms with Crippen LogP contribution in [0.25, 0.3) is 28.3 Å². The van der Waals surface area contributed by atoms with Crippen LogP contribution in [-0.2, 0) is 6.54 Å². The molecule has 0 radical (unpaired) electrons. The number of nitrogens with zero attached hydrogens (tertiary/aromatic N) is 5. The number of hydrogen-bond donors (Lipinski definition) is 1. The minimum absolute atomic E-state index is 0.274. The van der Waals surface area contributed by atoms with E-state index in [0.29, 0.717) is 12.5 Å². The molecule has 0 atom stereocenters. The van der Waals surface area contributed by atoms with Crippen LogP contribution in [0.1, 0.15) is 18.9 Å². The van der Waals surface area contributed by atoms with Crippen LogP contribution in [0, 0.1) is 5.82 Å². The maximum atomic E-state index is 13.6. The predicted octanol–water partition coefficient (Wildman–Crippen LogP) is 4.79. The zero-order chi connectivity index (χ0) is 22.1. The topological polar surface area (TPSA) is 58.4 Å². The van der Waals surface area contributed by atoms with Gasteiger partial charge in [0, 0.05) is 31.0 Å². The van der Waals surface area contributed by atoms with Crippen LogP contribution in [0.2, 0.25) is 0 Å². The third-order valence-electron chi connectivity index (χ3n) is 5.61. The van der Waals surface area contributed by atoms with E-state index in [1.165, 1.54) is 24.1 Å². The number of pyridine rings is 1. The van der Waals surface area contributed by atoms with Crippen LogP contribution in [-0.4, -0.2) is 43.9 Å². The first-order valence-electron chi connectivity index (χ1n) is 10.8. The van der Waals surface area contributed by atoms with Crippen LogP contribution in [0.15, 0.2) is 67.0 Å². The summed E-state index contributed by atoms with van der Waals surface area (Å²) in [6, 6.07) is 12.5. The standard InChI is InChI=1S/C25H25FN6/c1-17(2)15-28-25-27-10-8-21(29-25)24-23(19-4-6-20(26)7-5-19)30-22-14-18(9-13-32(22)24)16-31-11-3-12-31/h4-10,13-14H,1,3,11-12,15-16H2,2H3,(H,27,28,29). The molecule has 1 aliphatic heterocycles. The van der Waals surface area contributed by atoms with Gasteiger partial charge < -0.3 is 5.32 Å². The molecule has 162 valence electrons. The quantitative estimate of drug-likeness (QED) is 0.429. The lowest BCUT2D eigenvalue weighted by atomic mass is 10.1. The average Bonchev–Trinajstić information content (AvgIpc) is 3.14. The summed E-state index contributed by atoms with van der Waals surface area (Å²) in [6.45, 7) is 9.68. The van der Waals surface area contributed by atoms with Gasteiger partial charge in [0.05, 0.1) is 17.1 Å². The van der Waals surface area contributed by atoms with E-state index >= 15 is 0 Å². The van der Waals surface area contributed by atoms with Gasteiger partial charge in [-0.25, -0.2) is 19.3 Å². The van der Waals surface area contributed by atoms with Crippen molar-refractivity contribution in [3.05, 3.63) is 78.4 Å². The van der Waals surface area contributed by atoms with E-state index in [0.717, 1.165) is 53.5 Å². The van der Waals surface area contributed by atoms with Crippen LogP contribution < -0.4 is 5.32 Å². The lowest BCUT2D eigenvalue weighted by molar-refractivity contribution is 0.172. The fourth-order valence-corrected chi connectivity index (χ4v) is 3.84. The number of imidazole rings is 1. The number of nitrogens with one attached hydrogen (secondary N) is 1. The van der Waals surface area contributed by atoms with Crippen molar-refractivity contribution in [1.29, 1.82) is 0 Å². The molecule has 6 nitrogen and oxygen atoms in total. The van der Waals surface area contributed by atoms with Gasteiger partial charge in [0.1, 0.15) is 11.5 Å². The highest BCUT2D eigenvalue weighted by Gasteiger charge is 2.19. The van der Waals surface area contributed by atoms with Gasteiger partial charge in [-0.15, -0.1) is 0 Å². The van der Waals surface area contributed by atoms with Gasteiger partial charge >= 0.3 is 0 Å². The monoisotopic (exact) mass is 428 g/mol. The van der Waals surface area contributed by atoms with Crippen molar-refractivity contribution in [2.24, 2.45) is 0 Å². The van der Waals surface area contributed by atoms with Gasteiger partial charge in [0.2, 0.25) is 5.95 Å². The Morgan fingerprint density at radius 3 is 2.66 bits per heavy atom. The molecule has 4 heterocycles. The van der Waals surface area contributed by atoms with Crippen LogP contribution in [0.4, 0.5) is 10.3 Å². The zero-order valence-corrected chi connectivity index (χ0v) is 18.1. The smallest absolute Gasteiger partial charge is 0.223 e. The first kappa shape index (κ1) is 20.3. The van der Waals surface area contributed by atoms with Gasteiger partial charge in [0.15, 0.2) is 0 Å². The predicted molar refractivity (Wildman–Crippen MR) is 125 cm³/mol. The summed E-state index contributed by atoms with van der Waals surface area (Å²) in [4.78, 5) is 16.4. The third kappa shape index (κ3) is 4.11. The molecule has 0 spiro atoms. The minimum Gasteiger partial charge on any atom is -0.350 e. The molecule has 7 heteroatoms. The van der Waals surface area contributed by atoms with Crippen molar-refractivity contribution >= 4 is 11.6 Å². The van der Waals surface area contributed by atoms with Crippen LogP contribution >= 0.6 is 0 Å². The molecule has 1 aliphatic rings. The summed E-state index contributed by atoms with van der Waals surface area (Å²) in [7, 11) is 0. The summed E-state index contributed by atoms with van der Waals surface area (Å²) in [5.41, 5.74) is 6.25. The Morgan fingerprint density at radius 1 is 1.12 bits per heavy atom. The first-order chi connectivity index (χ1) is 15.6. The molecule has 0 bridgehead atoms. The van der Waals surface area contributed by atoms with Gasteiger partial charge in [0.25, 0.3) is 0 Å². The second kappa shape index (κ2) is 8.51. The van der Waals surface area contributed by atoms with E-state index in [4.69, 9.17) is 9.97 Å². The summed E-state index contributed by atoms with van der Waals surface area (Å²) in [5, 5.41) is 3.20. The molecule has 5 rings (SSSR count). The Balaban J connectivity index is 1.61. The molecule has 0 amide bonds. The highest BCUT2D eigenvalue weighted by molar-refractivity contribution is 5.80. The van der Waals surface area contributed by atoms with Crippen molar-refractivity contribution in [2.45, 2.75) is 19.9 Å². The average molecular weight is 429 g/mol. The first-order valence-corrected chi connectivity index (χ1v) is 10.8. The number of halogens is 1. The molecule has 0 aliphatic carbocycles. The zero-order valence-electron chi connectivity index (χ0n) is 18.1. The van der Waals surface area contributed by atoms with Crippen molar-refractivity contribution in [3.63, 3.8) is 0 Å². The van der Waals surface area contributed by atoms with Crippen molar-refractivity contribution in [1.82, 2.24) is 24.3 Å².